The molecule has 0 atom stereocenters. The van der Waals surface area contributed by atoms with Gasteiger partial charge in [-0.15, -0.1) is 0 Å². The molecule has 0 bridgehead atoms. The molecule has 4 N–H and O–H groups in total. The van der Waals surface area contributed by atoms with Crippen LogP contribution < -0.4 is 11.1 Å². The van der Waals surface area contributed by atoms with E-state index in [9.17, 15) is 8.78 Å². The standard InChI is InChI=1S/C14H14F2N2O/c15-10-7-12(16)14(17)13(8-10)18-6-5-9-1-3-11(19)4-2-9/h1-4,7-8,18-19H,5-6,17H2. The van der Waals surface area contributed by atoms with Crippen LogP contribution in [0.4, 0.5) is 20.2 Å². The Hall–Kier alpha value is -2.30. The fraction of sp³-hybridized carbons (Fsp3) is 0.143. The molecule has 0 saturated heterocycles. The van der Waals surface area contributed by atoms with Crippen LogP contribution in [0.3, 0.4) is 0 Å². The Balaban J connectivity index is 1.98. The largest absolute Gasteiger partial charge is 0.508 e. The Kier molecular flexibility index (Phi) is 3.85. The number of phenolic OH excluding ortho intramolecular Hbond substituents is 1. The van der Waals surface area contributed by atoms with Crippen molar-refractivity contribution in [3.8, 4) is 5.75 Å². The molecular formula is C14H14F2N2O. The number of rotatable bonds is 4. The Morgan fingerprint density at radius 3 is 2.47 bits per heavy atom. The molecule has 0 radical (unpaired) electrons. The number of anilines is 2. The Morgan fingerprint density at radius 2 is 1.79 bits per heavy atom. The van der Waals surface area contributed by atoms with Gasteiger partial charge in [0.1, 0.15) is 11.6 Å². The van der Waals surface area contributed by atoms with E-state index in [4.69, 9.17) is 10.8 Å². The topological polar surface area (TPSA) is 58.3 Å². The van der Waals surface area contributed by atoms with Gasteiger partial charge in [0.15, 0.2) is 5.82 Å². The van der Waals surface area contributed by atoms with Crippen molar-refractivity contribution < 1.29 is 13.9 Å². The van der Waals surface area contributed by atoms with Gasteiger partial charge in [0.25, 0.3) is 0 Å². The zero-order valence-corrected chi connectivity index (χ0v) is 10.2. The van der Waals surface area contributed by atoms with Crippen molar-refractivity contribution in [1.29, 1.82) is 0 Å². The predicted octanol–water partition coefficient (Wildman–Crippen LogP) is 2.91. The highest BCUT2D eigenvalue weighted by molar-refractivity contribution is 5.66. The number of hydrogen-bond donors (Lipinski definition) is 3. The maximum atomic E-state index is 13.2. The lowest BCUT2D eigenvalue weighted by molar-refractivity contribution is 0.475. The number of benzene rings is 2. The molecule has 19 heavy (non-hydrogen) atoms. The maximum absolute atomic E-state index is 13.2. The summed E-state index contributed by atoms with van der Waals surface area (Å²) in [6.45, 7) is 0.484. The highest BCUT2D eigenvalue weighted by atomic mass is 19.1. The quantitative estimate of drug-likeness (QED) is 0.744. The minimum atomic E-state index is -0.771. The maximum Gasteiger partial charge on any atom is 0.151 e. The van der Waals surface area contributed by atoms with Gasteiger partial charge in [-0.2, -0.15) is 0 Å². The van der Waals surface area contributed by atoms with Crippen LogP contribution in [0.2, 0.25) is 0 Å². The Bertz CT molecular complexity index is 570. The van der Waals surface area contributed by atoms with Gasteiger partial charge in [0.2, 0.25) is 0 Å². The summed E-state index contributed by atoms with van der Waals surface area (Å²) in [5, 5.41) is 12.0. The third-order valence-corrected chi connectivity index (χ3v) is 2.76. The van der Waals surface area contributed by atoms with Gasteiger partial charge < -0.3 is 16.2 Å². The molecule has 3 nitrogen and oxygen atoms in total. The molecule has 0 spiro atoms. The van der Waals surface area contributed by atoms with Crippen LogP contribution in [0.5, 0.6) is 5.75 Å². The summed E-state index contributed by atoms with van der Waals surface area (Å²) in [5.74, 6) is -1.24. The minimum absolute atomic E-state index is 0.0906. The van der Waals surface area contributed by atoms with Crippen molar-refractivity contribution in [3.05, 3.63) is 53.6 Å². The first kappa shape index (κ1) is 13.1. The van der Waals surface area contributed by atoms with Gasteiger partial charge in [-0.25, -0.2) is 8.78 Å². The lowest BCUT2D eigenvalue weighted by Gasteiger charge is -2.10. The summed E-state index contributed by atoms with van der Waals surface area (Å²) in [4.78, 5) is 0. The zero-order chi connectivity index (χ0) is 13.8. The van der Waals surface area contributed by atoms with E-state index in [1.807, 2.05) is 0 Å². The first-order valence-corrected chi connectivity index (χ1v) is 5.82. The summed E-state index contributed by atoms with van der Waals surface area (Å²) in [7, 11) is 0. The van der Waals surface area contributed by atoms with Crippen LogP contribution in [0.15, 0.2) is 36.4 Å². The lowest BCUT2D eigenvalue weighted by Crippen LogP contribution is -2.08. The predicted molar refractivity (Wildman–Crippen MR) is 71.1 cm³/mol. The second-order valence-corrected chi connectivity index (χ2v) is 4.19. The van der Waals surface area contributed by atoms with E-state index in [1.165, 1.54) is 0 Å². The van der Waals surface area contributed by atoms with Crippen molar-refractivity contribution >= 4 is 11.4 Å². The fourth-order valence-electron chi connectivity index (χ4n) is 1.74. The Morgan fingerprint density at radius 1 is 1.11 bits per heavy atom. The smallest absolute Gasteiger partial charge is 0.151 e. The number of hydrogen-bond acceptors (Lipinski definition) is 3. The summed E-state index contributed by atoms with van der Waals surface area (Å²) < 4.78 is 26.2. The van der Waals surface area contributed by atoms with Crippen molar-refractivity contribution in [3.63, 3.8) is 0 Å². The van der Waals surface area contributed by atoms with Gasteiger partial charge in [0.05, 0.1) is 11.4 Å². The normalized spacial score (nSPS) is 10.4. The van der Waals surface area contributed by atoms with Crippen molar-refractivity contribution in [2.24, 2.45) is 0 Å². The van der Waals surface area contributed by atoms with Gasteiger partial charge in [-0.1, -0.05) is 12.1 Å². The summed E-state index contributed by atoms with van der Waals surface area (Å²) in [5.41, 5.74) is 6.67. The fourth-order valence-corrected chi connectivity index (χ4v) is 1.74. The number of halogens is 2. The molecule has 0 unspecified atom stereocenters. The molecular weight excluding hydrogens is 250 g/mol. The third kappa shape index (κ3) is 3.34. The average molecular weight is 264 g/mol. The molecule has 0 amide bonds. The summed E-state index contributed by atoms with van der Waals surface area (Å²) in [6, 6.07) is 8.66. The summed E-state index contributed by atoms with van der Waals surface area (Å²) in [6.07, 6.45) is 0.651. The summed E-state index contributed by atoms with van der Waals surface area (Å²) >= 11 is 0. The zero-order valence-electron chi connectivity index (χ0n) is 10.2. The molecule has 0 aliphatic carbocycles. The highest BCUT2D eigenvalue weighted by Crippen LogP contribution is 2.23. The van der Waals surface area contributed by atoms with E-state index >= 15 is 0 Å². The molecule has 2 rings (SSSR count). The molecule has 0 aromatic heterocycles. The first-order chi connectivity index (χ1) is 9.06. The monoisotopic (exact) mass is 264 g/mol. The highest BCUT2D eigenvalue weighted by Gasteiger charge is 2.07. The lowest BCUT2D eigenvalue weighted by atomic mass is 10.1. The van der Waals surface area contributed by atoms with Crippen LogP contribution in [-0.4, -0.2) is 11.7 Å². The molecule has 2 aromatic carbocycles. The molecule has 5 heteroatoms. The number of phenols is 1. The van der Waals surface area contributed by atoms with Crippen LogP contribution in [-0.2, 0) is 6.42 Å². The number of nitrogen functional groups attached to an aromatic ring is 1. The minimum Gasteiger partial charge on any atom is -0.508 e. The molecule has 0 aliphatic rings. The SMILES string of the molecule is Nc1c(F)cc(F)cc1NCCc1ccc(O)cc1. The van der Waals surface area contributed by atoms with Crippen molar-refractivity contribution in [2.45, 2.75) is 6.42 Å². The van der Waals surface area contributed by atoms with Gasteiger partial charge >= 0.3 is 0 Å². The molecule has 0 aliphatic heterocycles. The first-order valence-electron chi connectivity index (χ1n) is 5.82. The second kappa shape index (κ2) is 5.56. The van der Waals surface area contributed by atoms with E-state index in [-0.39, 0.29) is 17.1 Å². The van der Waals surface area contributed by atoms with Crippen LogP contribution in [0.25, 0.3) is 0 Å². The van der Waals surface area contributed by atoms with Crippen molar-refractivity contribution in [1.82, 2.24) is 0 Å². The molecule has 0 saturated carbocycles. The van der Waals surface area contributed by atoms with E-state index in [2.05, 4.69) is 5.32 Å². The molecule has 100 valence electrons. The van der Waals surface area contributed by atoms with Gasteiger partial charge in [0, 0.05) is 12.6 Å². The Labute approximate surface area is 109 Å². The van der Waals surface area contributed by atoms with Crippen LogP contribution >= 0.6 is 0 Å². The van der Waals surface area contributed by atoms with E-state index in [0.29, 0.717) is 13.0 Å². The van der Waals surface area contributed by atoms with E-state index < -0.39 is 11.6 Å². The van der Waals surface area contributed by atoms with E-state index in [0.717, 1.165) is 17.7 Å². The van der Waals surface area contributed by atoms with Crippen molar-refractivity contribution in [2.75, 3.05) is 17.6 Å². The van der Waals surface area contributed by atoms with Crippen LogP contribution in [0.1, 0.15) is 5.56 Å². The molecule has 0 heterocycles. The number of nitrogens with one attached hydrogen (secondary N) is 1. The van der Waals surface area contributed by atoms with E-state index in [1.54, 1.807) is 24.3 Å². The number of aromatic hydroxyl groups is 1. The average Bonchev–Trinajstić information content (AvgIpc) is 2.37. The molecule has 2 aromatic rings. The molecule has 0 fully saturated rings. The van der Waals surface area contributed by atoms with Gasteiger partial charge in [-0.3, -0.25) is 0 Å². The number of nitrogens with two attached hydrogens (primary N) is 1. The third-order valence-electron chi connectivity index (χ3n) is 2.76. The second-order valence-electron chi connectivity index (χ2n) is 4.19. The van der Waals surface area contributed by atoms with Crippen LogP contribution in [0, 0.1) is 11.6 Å². The van der Waals surface area contributed by atoms with Gasteiger partial charge in [-0.05, 0) is 30.2 Å².